The smallest absolute Gasteiger partial charge is 0.260 e. The molecule has 0 spiro atoms. The molecule has 2 aromatic carbocycles. The van der Waals surface area contributed by atoms with E-state index >= 15 is 0 Å². The SMILES string of the molecule is O=S(=O)(Nc1cn(Cc2ccccc2)nn1)c1c(Cl)cccc1C(F)(F)F. The second-order valence-corrected chi connectivity index (χ2v) is 7.53. The van der Waals surface area contributed by atoms with Crippen molar-refractivity contribution in [3.8, 4) is 0 Å². The lowest BCUT2D eigenvalue weighted by Crippen LogP contribution is -2.19. The Morgan fingerprint density at radius 2 is 1.78 bits per heavy atom. The molecule has 1 aromatic heterocycles. The molecule has 3 rings (SSSR count). The molecule has 0 bridgehead atoms. The van der Waals surface area contributed by atoms with Crippen LogP contribution in [0.3, 0.4) is 0 Å². The summed E-state index contributed by atoms with van der Waals surface area (Å²) in [5, 5.41) is 6.86. The minimum Gasteiger partial charge on any atom is -0.260 e. The first kappa shape index (κ1) is 19.2. The quantitative estimate of drug-likeness (QED) is 0.686. The van der Waals surface area contributed by atoms with Gasteiger partial charge in [-0.15, -0.1) is 5.10 Å². The summed E-state index contributed by atoms with van der Waals surface area (Å²) < 4.78 is 67.8. The van der Waals surface area contributed by atoms with E-state index < -0.39 is 31.7 Å². The molecule has 0 aliphatic carbocycles. The van der Waals surface area contributed by atoms with Gasteiger partial charge in [-0.05, 0) is 17.7 Å². The van der Waals surface area contributed by atoms with Crippen molar-refractivity contribution in [2.75, 3.05) is 4.72 Å². The summed E-state index contributed by atoms with van der Waals surface area (Å²) in [6.45, 7) is 0.315. The zero-order valence-electron chi connectivity index (χ0n) is 13.5. The van der Waals surface area contributed by atoms with E-state index in [9.17, 15) is 21.6 Å². The number of nitrogens with one attached hydrogen (secondary N) is 1. The number of halogens is 4. The third kappa shape index (κ3) is 4.40. The fourth-order valence-electron chi connectivity index (χ4n) is 2.39. The van der Waals surface area contributed by atoms with Crippen LogP contribution in [-0.2, 0) is 22.7 Å². The number of aromatic nitrogens is 3. The predicted octanol–water partition coefficient (Wildman–Crippen LogP) is 3.80. The van der Waals surface area contributed by atoms with Gasteiger partial charge in [-0.1, -0.05) is 53.2 Å². The average Bonchev–Trinajstić information content (AvgIpc) is 3.00. The summed E-state index contributed by atoms with van der Waals surface area (Å²) in [6, 6.07) is 11.9. The van der Waals surface area contributed by atoms with E-state index in [0.717, 1.165) is 17.7 Å². The lowest BCUT2D eigenvalue weighted by molar-refractivity contribution is -0.139. The first-order chi connectivity index (χ1) is 12.7. The molecular formula is C16H12ClF3N4O2S. The van der Waals surface area contributed by atoms with Crippen LogP contribution in [0.2, 0.25) is 5.02 Å². The Bertz CT molecular complexity index is 1050. The Morgan fingerprint density at radius 1 is 1.07 bits per heavy atom. The maximum atomic E-state index is 13.2. The van der Waals surface area contributed by atoms with E-state index in [0.29, 0.717) is 12.6 Å². The largest absolute Gasteiger partial charge is 0.417 e. The van der Waals surface area contributed by atoms with E-state index in [4.69, 9.17) is 11.6 Å². The van der Waals surface area contributed by atoms with Crippen LogP contribution in [-0.4, -0.2) is 23.4 Å². The fourth-order valence-corrected chi connectivity index (χ4v) is 4.14. The second kappa shape index (κ2) is 7.20. The zero-order chi connectivity index (χ0) is 19.7. The molecule has 6 nitrogen and oxygen atoms in total. The Labute approximate surface area is 157 Å². The van der Waals surface area contributed by atoms with Crippen LogP contribution in [0.1, 0.15) is 11.1 Å². The van der Waals surface area contributed by atoms with Gasteiger partial charge in [-0.25, -0.2) is 13.1 Å². The second-order valence-electron chi connectivity index (χ2n) is 5.51. The molecule has 0 unspecified atom stereocenters. The molecule has 0 saturated heterocycles. The summed E-state index contributed by atoms with van der Waals surface area (Å²) in [6.07, 6.45) is -3.62. The molecule has 0 saturated carbocycles. The highest BCUT2D eigenvalue weighted by molar-refractivity contribution is 7.92. The van der Waals surface area contributed by atoms with E-state index in [1.165, 1.54) is 10.9 Å². The summed E-state index contributed by atoms with van der Waals surface area (Å²) in [4.78, 5) is -1.06. The van der Waals surface area contributed by atoms with Gasteiger partial charge in [0, 0.05) is 0 Å². The van der Waals surface area contributed by atoms with Crippen molar-refractivity contribution in [2.24, 2.45) is 0 Å². The molecule has 0 atom stereocenters. The standard InChI is InChI=1S/C16H12ClF3N4O2S/c17-13-8-4-7-12(16(18,19)20)15(13)27(25,26)22-14-10-24(23-21-14)9-11-5-2-1-3-6-11/h1-8,10,22H,9H2. The van der Waals surface area contributed by atoms with Crippen molar-refractivity contribution in [1.82, 2.24) is 15.0 Å². The van der Waals surface area contributed by atoms with Gasteiger partial charge in [0.2, 0.25) is 0 Å². The lowest BCUT2D eigenvalue weighted by Gasteiger charge is -2.14. The van der Waals surface area contributed by atoms with Crippen LogP contribution >= 0.6 is 11.6 Å². The molecule has 0 aliphatic rings. The zero-order valence-corrected chi connectivity index (χ0v) is 15.1. The average molecular weight is 417 g/mol. The van der Waals surface area contributed by atoms with Crippen molar-refractivity contribution >= 4 is 27.4 Å². The summed E-state index contributed by atoms with van der Waals surface area (Å²) in [7, 11) is -4.64. The summed E-state index contributed by atoms with van der Waals surface area (Å²) in [5.74, 6) is -0.223. The monoisotopic (exact) mass is 416 g/mol. The molecule has 0 radical (unpaired) electrons. The molecule has 1 heterocycles. The third-order valence-electron chi connectivity index (χ3n) is 3.51. The van der Waals surface area contributed by atoms with E-state index in [2.05, 4.69) is 10.3 Å². The van der Waals surface area contributed by atoms with Crippen molar-refractivity contribution < 1.29 is 21.6 Å². The minimum absolute atomic E-state index is 0.223. The molecule has 1 N–H and O–H groups in total. The van der Waals surface area contributed by atoms with Crippen LogP contribution in [0, 0.1) is 0 Å². The van der Waals surface area contributed by atoms with Crippen LogP contribution < -0.4 is 4.72 Å². The number of sulfonamides is 1. The number of alkyl halides is 3. The molecule has 0 amide bonds. The molecule has 3 aromatic rings. The number of hydrogen-bond acceptors (Lipinski definition) is 4. The Balaban J connectivity index is 1.88. The highest BCUT2D eigenvalue weighted by Crippen LogP contribution is 2.38. The molecule has 11 heteroatoms. The van der Waals surface area contributed by atoms with Gasteiger partial charge in [-0.3, -0.25) is 4.72 Å². The van der Waals surface area contributed by atoms with Crippen molar-refractivity contribution in [2.45, 2.75) is 17.6 Å². The topological polar surface area (TPSA) is 76.9 Å². The highest BCUT2D eigenvalue weighted by Gasteiger charge is 2.38. The highest BCUT2D eigenvalue weighted by atomic mass is 35.5. The number of benzene rings is 2. The Morgan fingerprint density at radius 3 is 2.44 bits per heavy atom. The molecule has 0 fully saturated rings. The first-order valence-corrected chi connectivity index (χ1v) is 9.35. The lowest BCUT2D eigenvalue weighted by atomic mass is 10.2. The summed E-state index contributed by atoms with van der Waals surface area (Å²) in [5.41, 5.74) is -0.471. The fraction of sp³-hybridized carbons (Fsp3) is 0.125. The maximum absolute atomic E-state index is 13.2. The molecule has 142 valence electrons. The van der Waals surface area contributed by atoms with Crippen molar-refractivity contribution in [1.29, 1.82) is 0 Å². The molecule has 27 heavy (non-hydrogen) atoms. The Hall–Kier alpha value is -2.59. The van der Waals surface area contributed by atoms with Crippen LogP contribution in [0.15, 0.2) is 59.6 Å². The number of rotatable bonds is 5. The summed E-state index contributed by atoms with van der Waals surface area (Å²) >= 11 is 5.74. The normalized spacial score (nSPS) is 12.1. The van der Waals surface area contributed by atoms with Crippen molar-refractivity contribution in [3.63, 3.8) is 0 Å². The van der Waals surface area contributed by atoms with Crippen molar-refractivity contribution in [3.05, 3.63) is 70.9 Å². The first-order valence-electron chi connectivity index (χ1n) is 7.49. The molecule has 0 aliphatic heterocycles. The number of anilines is 1. The van der Waals surface area contributed by atoms with E-state index in [-0.39, 0.29) is 5.82 Å². The van der Waals surface area contributed by atoms with Gasteiger partial charge in [0.25, 0.3) is 10.0 Å². The predicted molar refractivity (Wildman–Crippen MR) is 92.8 cm³/mol. The number of nitrogens with zero attached hydrogens (tertiary/aromatic N) is 3. The van der Waals surface area contributed by atoms with E-state index in [1.54, 1.807) is 0 Å². The van der Waals surface area contributed by atoms with Crippen LogP contribution in [0.25, 0.3) is 0 Å². The number of hydrogen-bond donors (Lipinski definition) is 1. The van der Waals surface area contributed by atoms with Gasteiger partial charge in [0.15, 0.2) is 5.82 Å². The van der Waals surface area contributed by atoms with Gasteiger partial charge < -0.3 is 0 Å². The van der Waals surface area contributed by atoms with Crippen LogP contribution in [0.5, 0.6) is 0 Å². The van der Waals surface area contributed by atoms with Gasteiger partial charge >= 0.3 is 6.18 Å². The Kier molecular flexibility index (Phi) is 5.11. The van der Waals surface area contributed by atoms with Crippen LogP contribution in [0.4, 0.5) is 19.0 Å². The molecular weight excluding hydrogens is 405 g/mol. The van der Waals surface area contributed by atoms with E-state index in [1.807, 2.05) is 35.1 Å². The minimum atomic E-state index is -4.89. The van der Waals surface area contributed by atoms with Gasteiger partial charge in [0.1, 0.15) is 4.90 Å². The maximum Gasteiger partial charge on any atom is 0.417 e. The third-order valence-corrected chi connectivity index (χ3v) is 5.39. The van der Waals surface area contributed by atoms with Gasteiger partial charge in [0.05, 0.1) is 23.3 Å². The van der Waals surface area contributed by atoms with Gasteiger partial charge in [-0.2, -0.15) is 13.2 Å².